The smallest absolute Gasteiger partial charge is 0.0829 e. The molecule has 0 amide bonds. The summed E-state index contributed by atoms with van der Waals surface area (Å²) in [7, 11) is 8.08. The van der Waals surface area contributed by atoms with Gasteiger partial charge in [-0.3, -0.25) is 0 Å². The average molecular weight is 190 g/mol. The number of nitrogens with zero attached hydrogens (tertiary/aromatic N) is 2. The largest absolute Gasteiger partial charge is 0.394 e. The summed E-state index contributed by atoms with van der Waals surface area (Å²) in [5.41, 5.74) is 0. The van der Waals surface area contributed by atoms with Crippen LogP contribution < -0.4 is 0 Å². The van der Waals surface area contributed by atoms with Crippen LogP contribution in [0.25, 0.3) is 0 Å². The summed E-state index contributed by atoms with van der Waals surface area (Å²) in [6, 6.07) is 0. The summed E-state index contributed by atoms with van der Waals surface area (Å²) >= 11 is 0. The van der Waals surface area contributed by atoms with E-state index in [1.165, 1.54) is 0 Å². The third-order valence-electron chi connectivity index (χ3n) is 1.58. The Morgan fingerprint density at radius 2 is 1.54 bits per heavy atom. The van der Waals surface area contributed by atoms with Crippen LogP contribution in [0.3, 0.4) is 0 Å². The standard InChI is InChI=1S/C9H22N2O2/c1-10(2)7-9(8-11(3)4)13-6-5-12/h9,12H,5-8H2,1-4H3. The molecule has 0 saturated carbocycles. The van der Waals surface area contributed by atoms with Crippen molar-refractivity contribution in [3.63, 3.8) is 0 Å². The zero-order valence-corrected chi connectivity index (χ0v) is 9.16. The van der Waals surface area contributed by atoms with Gasteiger partial charge in [-0.05, 0) is 28.2 Å². The highest BCUT2D eigenvalue weighted by Crippen LogP contribution is 1.95. The van der Waals surface area contributed by atoms with Crippen LogP contribution >= 0.6 is 0 Å². The zero-order chi connectivity index (χ0) is 10.3. The normalized spacial score (nSPS) is 12.0. The van der Waals surface area contributed by atoms with E-state index in [-0.39, 0.29) is 12.7 Å². The highest BCUT2D eigenvalue weighted by atomic mass is 16.5. The Morgan fingerprint density at radius 3 is 1.85 bits per heavy atom. The Hall–Kier alpha value is -0.160. The van der Waals surface area contributed by atoms with E-state index < -0.39 is 0 Å². The summed E-state index contributed by atoms with van der Waals surface area (Å²) in [4.78, 5) is 4.18. The highest BCUT2D eigenvalue weighted by molar-refractivity contribution is 4.64. The van der Waals surface area contributed by atoms with Gasteiger partial charge >= 0.3 is 0 Å². The van der Waals surface area contributed by atoms with Gasteiger partial charge in [0.15, 0.2) is 0 Å². The van der Waals surface area contributed by atoms with Gasteiger partial charge in [0.05, 0.1) is 19.3 Å². The van der Waals surface area contributed by atoms with E-state index in [0.29, 0.717) is 6.61 Å². The first-order valence-corrected chi connectivity index (χ1v) is 4.58. The Labute approximate surface area is 81.1 Å². The molecule has 4 nitrogen and oxygen atoms in total. The van der Waals surface area contributed by atoms with Crippen LogP contribution in [0, 0.1) is 0 Å². The SMILES string of the molecule is CN(C)CC(CN(C)C)OCCO. The van der Waals surface area contributed by atoms with Crippen LogP contribution in [-0.4, -0.2) is 75.5 Å². The summed E-state index contributed by atoms with van der Waals surface area (Å²) in [5.74, 6) is 0. The fourth-order valence-corrected chi connectivity index (χ4v) is 1.20. The van der Waals surface area contributed by atoms with Crippen molar-refractivity contribution in [1.29, 1.82) is 0 Å². The third kappa shape index (κ3) is 8.18. The fourth-order valence-electron chi connectivity index (χ4n) is 1.20. The van der Waals surface area contributed by atoms with Gasteiger partial charge in [-0.1, -0.05) is 0 Å². The molecule has 80 valence electrons. The topological polar surface area (TPSA) is 35.9 Å². The second-order valence-corrected chi connectivity index (χ2v) is 3.74. The molecular weight excluding hydrogens is 168 g/mol. The number of aliphatic hydroxyl groups is 1. The molecule has 1 N–H and O–H groups in total. The van der Waals surface area contributed by atoms with E-state index in [4.69, 9.17) is 9.84 Å². The fraction of sp³-hybridized carbons (Fsp3) is 1.00. The quantitative estimate of drug-likeness (QED) is 0.586. The molecule has 0 heterocycles. The molecule has 0 aromatic rings. The molecule has 0 unspecified atom stereocenters. The number of ether oxygens (including phenoxy) is 1. The van der Waals surface area contributed by atoms with Gasteiger partial charge in [-0.25, -0.2) is 0 Å². The first kappa shape index (κ1) is 12.8. The van der Waals surface area contributed by atoms with Crippen LogP contribution in [0.2, 0.25) is 0 Å². The van der Waals surface area contributed by atoms with E-state index in [1.54, 1.807) is 0 Å². The van der Waals surface area contributed by atoms with Crippen LogP contribution in [0.15, 0.2) is 0 Å². The zero-order valence-electron chi connectivity index (χ0n) is 9.16. The lowest BCUT2D eigenvalue weighted by Gasteiger charge is -2.24. The Kier molecular flexibility index (Phi) is 7.17. The Balaban J connectivity index is 3.73. The maximum absolute atomic E-state index is 8.63. The van der Waals surface area contributed by atoms with Crippen molar-refractivity contribution in [3.05, 3.63) is 0 Å². The van der Waals surface area contributed by atoms with Crippen molar-refractivity contribution >= 4 is 0 Å². The highest BCUT2D eigenvalue weighted by Gasteiger charge is 2.10. The predicted molar refractivity (Wildman–Crippen MR) is 53.9 cm³/mol. The maximum atomic E-state index is 8.63. The molecule has 0 aromatic heterocycles. The second-order valence-electron chi connectivity index (χ2n) is 3.74. The summed E-state index contributed by atoms with van der Waals surface area (Å²) in [6.45, 7) is 2.29. The molecule has 0 spiro atoms. The van der Waals surface area contributed by atoms with Crippen LogP contribution in [-0.2, 0) is 4.74 Å². The van der Waals surface area contributed by atoms with Gasteiger partial charge in [0.25, 0.3) is 0 Å². The predicted octanol–water partition coefficient (Wildman–Crippen LogP) is -0.513. The number of hydrogen-bond acceptors (Lipinski definition) is 4. The molecule has 0 atom stereocenters. The van der Waals surface area contributed by atoms with Gasteiger partial charge in [0, 0.05) is 13.1 Å². The van der Waals surface area contributed by atoms with E-state index in [1.807, 2.05) is 28.2 Å². The van der Waals surface area contributed by atoms with Crippen LogP contribution in [0.4, 0.5) is 0 Å². The van der Waals surface area contributed by atoms with E-state index >= 15 is 0 Å². The number of rotatable bonds is 7. The van der Waals surface area contributed by atoms with Crippen LogP contribution in [0.1, 0.15) is 0 Å². The van der Waals surface area contributed by atoms with E-state index in [9.17, 15) is 0 Å². The minimum atomic E-state index is 0.0946. The molecule has 0 radical (unpaired) electrons. The van der Waals surface area contributed by atoms with E-state index in [0.717, 1.165) is 13.1 Å². The molecular formula is C9H22N2O2. The van der Waals surface area contributed by atoms with Crippen molar-refractivity contribution in [1.82, 2.24) is 9.80 Å². The first-order valence-electron chi connectivity index (χ1n) is 4.58. The van der Waals surface area contributed by atoms with Gasteiger partial charge in [-0.2, -0.15) is 0 Å². The maximum Gasteiger partial charge on any atom is 0.0829 e. The molecule has 0 aliphatic rings. The minimum absolute atomic E-state index is 0.0946. The van der Waals surface area contributed by atoms with Crippen molar-refractivity contribution in [2.45, 2.75) is 6.10 Å². The third-order valence-corrected chi connectivity index (χ3v) is 1.58. The second kappa shape index (κ2) is 7.26. The minimum Gasteiger partial charge on any atom is -0.394 e. The van der Waals surface area contributed by atoms with Crippen molar-refractivity contribution < 1.29 is 9.84 Å². The molecule has 13 heavy (non-hydrogen) atoms. The number of likely N-dealkylation sites (N-methyl/N-ethyl adjacent to an activating group) is 2. The molecule has 0 aliphatic heterocycles. The lowest BCUT2D eigenvalue weighted by atomic mass is 10.3. The van der Waals surface area contributed by atoms with E-state index in [2.05, 4.69) is 9.80 Å². The molecule has 0 bridgehead atoms. The number of aliphatic hydroxyl groups excluding tert-OH is 1. The summed E-state index contributed by atoms with van der Waals surface area (Å²) in [6.07, 6.45) is 0.178. The van der Waals surface area contributed by atoms with Gasteiger partial charge in [-0.15, -0.1) is 0 Å². The monoisotopic (exact) mass is 190 g/mol. The Morgan fingerprint density at radius 1 is 1.08 bits per heavy atom. The van der Waals surface area contributed by atoms with Crippen molar-refractivity contribution in [2.24, 2.45) is 0 Å². The molecule has 0 aromatic carbocycles. The van der Waals surface area contributed by atoms with Gasteiger partial charge < -0.3 is 19.6 Å². The van der Waals surface area contributed by atoms with Gasteiger partial charge in [0.2, 0.25) is 0 Å². The molecule has 0 fully saturated rings. The summed E-state index contributed by atoms with van der Waals surface area (Å²) in [5, 5.41) is 8.63. The lowest BCUT2D eigenvalue weighted by Crippen LogP contribution is -2.37. The van der Waals surface area contributed by atoms with Crippen molar-refractivity contribution in [2.75, 3.05) is 54.5 Å². The van der Waals surface area contributed by atoms with Gasteiger partial charge in [0.1, 0.15) is 0 Å². The first-order chi connectivity index (χ1) is 6.06. The molecule has 0 aliphatic carbocycles. The average Bonchev–Trinajstić information content (AvgIpc) is 1.98. The molecule has 4 heteroatoms. The summed E-state index contributed by atoms with van der Waals surface area (Å²) < 4.78 is 5.48. The van der Waals surface area contributed by atoms with Crippen molar-refractivity contribution in [3.8, 4) is 0 Å². The molecule has 0 rings (SSSR count). The Bertz CT molecular complexity index is 108. The molecule has 0 saturated heterocycles. The number of hydrogen-bond donors (Lipinski definition) is 1. The van der Waals surface area contributed by atoms with Crippen LogP contribution in [0.5, 0.6) is 0 Å². The lowest BCUT2D eigenvalue weighted by molar-refractivity contribution is 0.00279.